The van der Waals surface area contributed by atoms with E-state index in [4.69, 9.17) is 9.47 Å². The van der Waals surface area contributed by atoms with Gasteiger partial charge in [-0.15, -0.1) is 0 Å². The van der Waals surface area contributed by atoms with Gasteiger partial charge in [0.2, 0.25) is 11.6 Å². The van der Waals surface area contributed by atoms with E-state index in [0.29, 0.717) is 29.3 Å². The number of hydrogen-bond acceptors (Lipinski definition) is 5. The number of likely N-dealkylation sites (tertiary alicyclic amines) is 1. The summed E-state index contributed by atoms with van der Waals surface area (Å²) in [6.07, 6.45) is 8.07. The van der Waals surface area contributed by atoms with Crippen molar-refractivity contribution in [1.82, 2.24) is 9.47 Å². The molecule has 6 rings (SSSR count). The average Bonchev–Trinajstić information content (AvgIpc) is 3.76. The predicted octanol–water partition coefficient (Wildman–Crippen LogP) is 6.35. The first-order chi connectivity index (χ1) is 21.7. The number of esters is 1. The van der Waals surface area contributed by atoms with Gasteiger partial charge in [-0.1, -0.05) is 13.0 Å². The van der Waals surface area contributed by atoms with Gasteiger partial charge in [-0.25, -0.2) is 13.6 Å². The van der Waals surface area contributed by atoms with Crippen molar-refractivity contribution in [2.24, 2.45) is 29.6 Å². The van der Waals surface area contributed by atoms with Crippen LogP contribution in [0.5, 0.6) is 0 Å². The normalized spacial score (nSPS) is 30.3. The van der Waals surface area contributed by atoms with Crippen molar-refractivity contribution in [3.63, 3.8) is 0 Å². The third kappa shape index (κ3) is 5.80. The monoisotopic (exact) mass is 630 g/mol. The van der Waals surface area contributed by atoms with E-state index in [0.717, 1.165) is 63.4 Å². The van der Waals surface area contributed by atoms with Crippen LogP contribution in [0.15, 0.2) is 24.3 Å². The highest BCUT2D eigenvalue weighted by atomic mass is 19.1. The third-order valence-electron chi connectivity index (χ3n) is 11.4. The fourth-order valence-electron chi connectivity index (χ4n) is 8.77. The Kier molecular flexibility index (Phi) is 9.33. The Hall–Kier alpha value is -2.88. The van der Waals surface area contributed by atoms with Crippen LogP contribution in [0.25, 0.3) is 10.9 Å². The molecule has 1 amide bonds. The number of fused-ring (bicyclic) bond motifs is 3. The lowest BCUT2D eigenvalue weighted by molar-refractivity contribution is -0.143. The van der Waals surface area contributed by atoms with Crippen LogP contribution in [-0.2, 0) is 31.2 Å². The fourth-order valence-corrected chi connectivity index (χ4v) is 8.77. The summed E-state index contributed by atoms with van der Waals surface area (Å²) in [5.41, 5.74) is -0.740. The van der Waals surface area contributed by atoms with Crippen molar-refractivity contribution >= 4 is 28.6 Å². The maximum Gasteiger partial charge on any atom is 0.357 e. The number of ether oxygens (including phenoxy) is 2. The number of ketones is 1. The first kappa shape index (κ1) is 32.1. The molecule has 7 nitrogen and oxygen atoms in total. The molecule has 1 saturated heterocycles. The summed E-state index contributed by atoms with van der Waals surface area (Å²) in [6, 6.07) is 6.27. The van der Waals surface area contributed by atoms with Gasteiger partial charge in [0, 0.05) is 31.4 Å². The quantitative estimate of drug-likeness (QED) is 0.286. The zero-order valence-corrected chi connectivity index (χ0v) is 26.3. The van der Waals surface area contributed by atoms with E-state index in [1.807, 2.05) is 11.8 Å². The molecule has 1 aromatic carbocycles. The van der Waals surface area contributed by atoms with Crippen molar-refractivity contribution in [3.05, 3.63) is 35.5 Å². The second-order valence-corrected chi connectivity index (χ2v) is 13.9. The van der Waals surface area contributed by atoms with Gasteiger partial charge < -0.3 is 14.4 Å². The number of benzene rings is 1. The molecule has 3 atom stereocenters. The molecule has 0 unspecified atom stereocenters. The molecule has 0 radical (unpaired) electrons. The number of nitrogens with zero attached hydrogens (tertiary/aromatic N) is 2. The SMILES string of the molecule is COC1CCC([C@@H]2CCN(C(=O)C3CCC([C@H](C)CF)CC3)[C@@H]2C(=O)Cc2ccc3c(c2)cc2n3C(CF)(CF)OC2=O)CC1. The van der Waals surface area contributed by atoms with Crippen LogP contribution in [0.1, 0.15) is 80.8 Å². The molecule has 2 aliphatic carbocycles. The molecule has 10 heteroatoms. The minimum absolute atomic E-state index is 0.00382. The van der Waals surface area contributed by atoms with E-state index < -0.39 is 31.1 Å². The maximum atomic E-state index is 14.3. The van der Waals surface area contributed by atoms with Gasteiger partial charge in [0.25, 0.3) is 0 Å². The number of amides is 1. The smallest absolute Gasteiger partial charge is 0.357 e. The highest BCUT2D eigenvalue weighted by Crippen LogP contribution is 2.43. The number of carbonyl (C=O) groups is 3. The Balaban J connectivity index is 1.23. The van der Waals surface area contributed by atoms with Gasteiger partial charge in [-0.2, -0.15) is 0 Å². The molecule has 3 fully saturated rings. The fraction of sp³-hybridized carbons (Fsp3) is 0.686. The Labute approximate surface area is 262 Å². The Morgan fingerprint density at radius 2 is 1.71 bits per heavy atom. The van der Waals surface area contributed by atoms with Gasteiger partial charge in [-0.05, 0) is 105 Å². The van der Waals surface area contributed by atoms with E-state index in [1.54, 1.807) is 31.4 Å². The average molecular weight is 631 g/mol. The highest BCUT2D eigenvalue weighted by molar-refractivity contribution is 5.99. The summed E-state index contributed by atoms with van der Waals surface area (Å²) in [5.74, 6) is -0.159. The number of rotatable bonds is 10. The molecular weight excluding hydrogens is 585 g/mol. The van der Waals surface area contributed by atoms with Crippen LogP contribution >= 0.6 is 0 Å². The Morgan fingerprint density at radius 1 is 1.00 bits per heavy atom. The van der Waals surface area contributed by atoms with Crippen LogP contribution < -0.4 is 0 Å². The number of methoxy groups -OCH3 is 1. The number of Topliss-reactive ketones (excluding diaryl/α,β-unsaturated/α-hetero) is 1. The number of carbonyl (C=O) groups excluding carboxylic acids is 3. The second kappa shape index (κ2) is 13.1. The molecule has 2 aliphatic heterocycles. The Morgan fingerprint density at radius 3 is 2.36 bits per heavy atom. The number of halogens is 3. The number of aromatic nitrogens is 1. The van der Waals surface area contributed by atoms with E-state index in [-0.39, 0.29) is 54.3 Å². The number of hydrogen-bond donors (Lipinski definition) is 0. The lowest BCUT2D eigenvalue weighted by atomic mass is 9.74. The minimum atomic E-state index is -2.01. The van der Waals surface area contributed by atoms with Gasteiger partial charge in [0.05, 0.1) is 24.3 Å². The van der Waals surface area contributed by atoms with E-state index >= 15 is 0 Å². The lowest BCUT2D eigenvalue weighted by Crippen LogP contribution is -2.48. The van der Waals surface area contributed by atoms with E-state index in [2.05, 4.69) is 0 Å². The summed E-state index contributed by atoms with van der Waals surface area (Å²) < 4.78 is 53.1. The molecule has 0 spiro atoms. The first-order valence-corrected chi connectivity index (χ1v) is 16.7. The predicted molar refractivity (Wildman–Crippen MR) is 163 cm³/mol. The molecule has 2 saturated carbocycles. The van der Waals surface area contributed by atoms with Crippen molar-refractivity contribution in [3.8, 4) is 0 Å². The summed E-state index contributed by atoms with van der Waals surface area (Å²) in [6.45, 7) is -0.224. The molecule has 2 aromatic rings. The molecule has 0 N–H and O–H groups in total. The van der Waals surface area contributed by atoms with Crippen molar-refractivity contribution < 1.29 is 37.0 Å². The number of alkyl halides is 3. The molecule has 246 valence electrons. The molecule has 1 aromatic heterocycles. The first-order valence-electron chi connectivity index (χ1n) is 16.7. The van der Waals surface area contributed by atoms with Crippen LogP contribution in [0.3, 0.4) is 0 Å². The van der Waals surface area contributed by atoms with Gasteiger partial charge in [-0.3, -0.25) is 18.5 Å². The molecule has 0 bridgehead atoms. The molecule has 4 aliphatic rings. The van der Waals surface area contributed by atoms with Crippen molar-refractivity contribution in [2.75, 3.05) is 33.7 Å². The zero-order chi connectivity index (χ0) is 31.9. The summed E-state index contributed by atoms with van der Waals surface area (Å²) >= 11 is 0. The van der Waals surface area contributed by atoms with Crippen LogP contribution in [-0.4, -0.2) is 73.0 Å². The maximum absolute atomic E-state index is 14.3. The second-order valence-electron chi connectivity index (χ2n) is 13.9. The summed E-state index contributed by atoms with van der Waals surface area (Å²) in [5, 5.41) is 0.603. The Bertz CT molecular complexity index is 1410. The molecular formula is C35H45F3N2O5. The third-order valence-corrected chi connectivity index (χ3v) is 11.4. The van der Waals surface area contributed by atoms with Crippen molar-refractivity contribution in [1.29, 1.82) is 0 Å². The number of cyclic esters (lactones) is 1. The lowest BCUT2D eigenvalue weighted by Gasteiger charge is -2.37. The van der Waals surface area contributed by atoms with Crippen molar-refractivity contribution in [2.45, 2.75) is 89.0 Å². The summed E-state index contributed by atoms with van der Waals surface area (Å²) in [4.78, 5) is 42.6. The van der Waals surface area contributed by atoms with E-state index in [9.17, 15) is 27.6 Å². The molecule has 45 heavy (non-hydrogen) atoms. The largest absolute Gasteiger partial charge is 0.428 e. The van der Waals surface area contributed by atoms with Crippen LogP contribution in [0.4, 0.5) is 13.2 Å². The van der Waals surface area contributed by atoms with Gasteiger partial charge in [0.15, 0.2) is 19.1 Å². The van der Waals surface area contributed by atoms with Crippen LogP contribution in [0, 0.1) is 29.6 Å². The van der Waals surface area contributed by atoms with Gasteiger partial charge >= 0.3 is 5.97 Å². The summed E-state index contributed by atoms with van der Waals surface area (Å²) in [7, 11) is 1.74. The minimum Gasteiger partial charge on any atom is -0.428 e. The zero-order valence-electron chi connectivity index (χ0n) is 26.3. The van der Waals surface area contributed by atoms with Gasteiger partial charge in [0.1, 0.15) is 5.69 Å². The van der Waals surface area contributed by atoms with Crippen LogP contribution in [0.2, 0.25) is 0 Å². The standard InChI is InChI=1S/C35H45F3N2O5/c1-21(18-36)23-4-6-25(7-5-23)33(42)39-14-13-28(24-8-10-27(44-2)11-9-24)32(39)31(41)16-22-3-12-29-26(15-22)17-30-34(43)45-35(19-37,20-38)40(29)30/h3,12,15,17,21,23-25,27-28,32H,4-11,13-14,16,18-20H2,1-2H3/t21-,23?,24?,25?,27?,28+,32+/m1/s1. The highest BCUT2D eigenvalue weighted by Gasteiger charge is 2.48. The topological polar surface area (TPSA) is 77.8 Å². The molecule has 3 heterocycles. The van der Waals surface area contributed by atoms with E-state index in [1.165, 1.54) is 4.57 Å².